The molecule has 13 aromatic rings. The van der Waals surface area contributed by atoms with Gasteiger partial charge >= 0.3 is 0 Å². The van der Waals surface area contributed by atoms with Crippen LogP contribution in [0.25, 0.3) is 104 Å². The summed E-state index contributed by atoms with van der Waals surface area (Å²) >= 11 is 0. The van der Waals surface area contributed by atoms with Gasteiger partial charge in [0.15, 0.2) is 0 Å². The Bertz CT molecular complexity index is 4270. The molecule has 2 nitrogen and oxygen atoms in total. The minimum absolute atomic E-state index is 0.177. The fraction of sp³-hybridized carbons (Fsp3) is 0. The second-order valence-corrected chi connectivity index (χ2v) is 17.3. The van der Waals surface area contributed by atoms with E-state index < -0.39 is 6.04 Å². The van der Waals surface area contributed by atoms with Crippen molar-refractivity contribution in [3.05, 3.63) is 267 Å². The highest BCUT2D eigenvalue weighted by Gasteiger charge is 2.20. The molecule has 1 aromatic heterocycles. The Morgan fingerprint density at radius 3 is 1.63 bits per heavy atom. The lowest BCUT2D eigenvalue weighted by atomic mass is 9.94. The largest absolute Gasteiger partial charge is 0.310 e. The van der Waals surface area contributed by atoms with E-state index >= 15 is 0 Å². The summed E-state index contributed by atoms with van der Waals surface area (Å²) in [7, 11) is 0. The molecule has 0 unspecified atom stereocenters. The zero-order chi connectivity index (χ0) is 49.3. The van der Waals surface area contributed by atoms with Crippen LogP contribution < -0.4 is 4.90 Å². The smallest absolute Gasteiger partial charge is 0.0629 e. The molecule has 2 heteroatoms. The van der Waals surface area contributed by atoms with Crippen molar-refractivity contribution in [1.29, 1.82) is 0 Å². The topological polar surface area (TPSA) is 8.17 Å². The molecule has 0 radical (unpaired) electrons. The first-order chi connectivity index (χ1) is 35.8. The van der Waals surface area contributed by atoms with Gasteiger partial charge in [0, 0.05) is 38.6 Å². The van der Waals surface area contributed by atoms with E-state index in [2.05, 4.69) is 204 Å². The Morgan fingerprint density at radius 2 is 0.882 bits per heavy atom. The van der Waals surface area contributed by atoms with Crippen molar-refractivity contribution in [1.82, 2.24) is 4.57 Å². The molecule has 0 fully saturated rings. The number of hydrogen-bond donors (Lipinski definition) is 0. The van der Waals surface area contributed by atoms with Crippen LogP contribution in [-0.2, 0) is 0 Å². The summed E-state index contributed by atoms with van der Waals surface area (Å²) in [5.74, 6) is 0. The number of benzene rings is 12. The molecule has 0 bridgehead atoms. The average molecular weight is 870 g/mol. The van der Waals surface area contributed by atoms with Crippen LogP contribution in [0.3, 0.4) is 0 Å². The van der Waals surface area contributed by atoms with Crippen LogP contribution >= 0.6 is 0 Å². The van der Waals surface area contributed by atoms with Crippen molar-refractivity contribution in [3.8, 4) is 50.2 Å². The molecule has 0 N–H and O–H groups in total. The third-order valence-electron chi connectivity index (χ3n) is 13.5. The fourth-order valence-corrected chi connectivity index (χ4v) is 10.1. The van der Waals surface area contributed by atoms with Gasteiger partial charge in [-0.2, -0.15) is 0 Å². The molecule has 318 valence electrons. The minimum Gasteiger partial charge on any atom is -0.310 e. The first kappa shape index (κ1) is 34.4. The van der Waals surface area contributed by atoms with Crippen LogP contribution in [0.15, 0.2) is 267 Å². The van der Waals surface area contributed by atoms with E-state index in [4.69, 9.17) is 6.85 Å². The third kappa shape index (κ3) is 6.82. The average Bonchev–Trinajstić information content (AvgIpc) is 3.79. The molecular weight excluding hydrogens is 821 g/mol. The number of anilines is 3. The summed E-state index contributed by atoms with van der Waals surface area (Å²) in [6, 6.07) is 82.1. The zero-order valence-corrected chi connectivity index (χ0v) is 36.9. The number of fused-ring (bicyclic) bond motifs is 7. The Labute approximate surface area is 402 Å². The molecule has 0 aliphatic rings. The van der Waals surface area contributed by atoms with Crippen LogP contribution in [0.1, 0.15) is 6.85 Å². The van der Waals surface area contributed by atoms with Gasteiger partial charge in [0.1, 0.15) is 0 Å². The van der Waals surface area contributed by atoms with Gasteiger partial charge in [-0.05, 0) is 121 Å². The van der Waals surface area contributed by atoms with E-state index in [-0.39, 0.29) is 29.7 Å². The fourth-order valence-electron chi connectivity index (χ4n) is 10.1. The van der Waals surface area contributed by atoms with Gasteiger partial charge in [-0.1, -0.05) is 212 Å². The van der Waals surface area contributed by atoms with E-state index in [0.717, 1.165) is 66.9 Å². The van der Waals surface area contributed by atoms with E-state index in [1.165, 1.54) is 43.4 Å². The van der Waals surface area contributed by atoms with Gasteiger partial charge in [-0.3, -0.25) is 0 Å². The molecule has 13 rings (SSSR count). The molecule has 0 saturated carbocycles. The SMILES string of the molecule is [2H]c1c([2H])c([2H])c(-c2ccc(N(c3ccc(-c4ccccc4)cc3)c3ccc(-c4ccc(-c5ccc6c(c5)c5ccc7ccccc7c5n6-c5ccc6ccccc6c5)cc4)c4ccccc34)cc2)c([2H])c1[2H]. The van der Waals surface area contributed by atoms with Crippen LogP contribution in [0.4, 0.5) is 17.1 Å². The lowest BCUT2D eigenvalue weighted by Crippen LogP contribution is -2.10. The molecule has 0 aliphatic heterocycles. The van der Waals surface area contributed by atoms with Gasteiger partial charge in [-0.15, -0.1) is 0 Å². The molecule has 0 spiro atoms. The van der Waals surface area contributed by atoms with Gasteiger partial charge < -0.3 is 9.47 Å². The van der Waals surface area contributed by atoms with E-state index in [9.17, 15) is 0 Å². The molecule has 68 heavy (non-hydrogen) atoms. The predicted octanol–water partition coefficient (Wildman–Crippen LogP) is 18.4. The Morgan fingerprint density at radius 1 is 0.324 bits per heavy atom. The minimum atomic E-state index is -0.406. The van der Waals surface area contributed by atoms with Gasteiger partial charge in [-0.25, -0.2) is 0 Å². The van der Waals surface area contributed by atoms with Crippen molar-refractivity contribution >= 4 is 71.2 Å². The summed E-state index contributed by atoms with van der Waals surface area (Å²) < 4.78 is 44.5. The Balaban J connectivity index is 0.895. The van der Waals surface area contributed by atoms with E-state index in [0.29, 0.717) is 5.56 Å². The van der Waals surface area contributed by atoms with Gasteiger partial charge in [0.25, 0.3) is 0 Å². The summed E-state index contributed by atoms with van der Waals surface area (Å²) in [4.78, 5) is 2.23. The van der Waals surface area contributed by atoms with Crippen LogP contribution in [-0.4, -0.2) is 4.57 Å². The molecule has 0 aliphatic carbocycles. The second kappa shape index (κ2) is 16.5. The summed E-state index contributed by atoms with van der Waals surface area (Å²) in [6.45, 7) is 0. The molecule has 0 amide bonds. The lowest BCUT2D eigenvalue weighted by Gasteiger charge is -2.28. The van der Waals surface area contributed by atoms with E-state index in [1.54, 1.807) is 0 Å². The first-order valence-electron chi connectivity index (χ1n) is 25.5. The number of rotatable bonds is 8. The van der Waals surface area contributed by atoms with Gasteiger partial charge in [0.05, 0.1) is 23.6 Å². The molecule has 0 atom stereocenters. The van der Waals surface area contributed by atoms with Crippen molar-refractivity contribution in [2.24, 2.45) is 0 Å². The Hall–Kier alpha value is -8.98. The molecule has 12 aromatic carbocycles. The maximum atomic E-state index is 8.65. The number of nitrogens with zero attached hydrogens (tertiary/aromatic N) is 2. The highest BCUT2D eigenvalue weighted by molar-refractivity contribution is 6.19. The molecular formula is C66H44N2. The standard InChI is InChI=1S/C66H44N2/c1-3-13-45(14-4-1)48-27-34-55(35-28-48)67(56-36-29-49(30-37-56)46-15-5-2-6-16-46)64-42-40-58(60-21-11-12-22-61(60)64)52-25-23-50(24-26-52)54-33-41-65-63(44-54)62-39-32-51-18-9-10-20-59(51)66(62)68(65)57-38-31-47-17-7-8-19-53(47)43-57/h1-44H/i1D,3D,4D,13D,14D. The summed E-state index contributed by atoms with van der Waals surface area (Å²) in [6.07, 6.45) is 0. The zero-order valence-electron chi connectivity index (χ0n) is 41.9. The second-order valence-electron chi connectivity index (χ2n) is 17.3. The normalized spacial score (nSPS) is 12.6. The van der Waals surface area contributed by atoms with Gasteiger partial charge in [0.2, 0.25) is 0 Å². The number of aromatic nitrogens is 1. The van der Waals surface area contributed by atoms with Crippen LogP contribution in [0, 0.1) is 0 Å². The maximum absolute atomic E-state index is 8.65. The summed E-state index contributed by atoms with van der Waals surface area (Å²) in [5.41, 5.74) is 13.7. The highest BCUT2D eigenvalue weighted by atomic mass is 15.1. The van der Waals surface area contributed by atoms with Crippen LogP contribution in [0.5, 0.6) is 0 Å². The number of hydrogen-bond acceptors (Lipinski definition) is 1. The monoisotopic (exact) mass is 869 g/mol. The van der Waals surface area contributed by atoms with Crippen molar-refractivity contribution in [2.45, 2.75) is 0 Å². The lowest BCUT2D eigenvalue weighted by molar-refractivity contribution is 1.19. The van der Waals surface area contributed by atoms with Crippen LogP contribution in [0.2, 0.25) is 0 Å². The third-order valence-corrected chi connectivity index (χ3v) is 13.5. The highest BCUT2D eigenvalue weighted by Crippen LogP contribution is 2.44. The van der Waals surface area contributed by atoms with E-state index in [1.807, 2.05) is 42.5 Å². The quantitative estimate of drug-likeness (QED) is 0.148. The summed E-state index contributed by atoms with van der Waals surface area (Å²) in [5, 5.41) is 9.46. The molecule has 1 heterocycles. The van der Waals surface area contributed by atoms with Crippen molar-refractivity contribution in [2.75, 3.05) is 4.90 Å². The predicted molar refractivity (Wildman–Crippen MR) is 290 cm³/mol. The first-order valence-corrected chi connectivity index (χ1v) is 23.0. The Kier molecular flexibility index (Phi) is 8.33. The molecule has 0 saturated heterocycles. The maximum Gasteiger partial charge on any atom is 0.0629 e. The van der Waals surface area contributed by atoms with Crippen molar-refractivity contribution in [3.63, 3.8) is 0 Å². The van der Waals surface area contributed by atoms with Crippen molar-refractivity contribution < 1.29 is 6.85 Å².